The highest BCUT2D eigenvalue weighted by Gasteiger charge is 1.97. The summed E-state index contributed by atoms with van der Waals surface area (Å²) in [6.07, 6.45) is 3.77. The summed E-state index contributed by atoms with van der Waals surface area (Å²) in [6.45, 7) is 5.30. The van der Waals surface area contributed by atoms with Gasteiger partial charge < -0.3 is 10.1 Å². The predicted octanol–water partition coefficient (Wildman–Crippen LogP) is 1.35. The molecule has 0 aromatic heterocycles. The van der Waals surface area contributed by atoms with Gasteiger partial charge in [-0.05, 0) is 26.3 Å². The zero-order valence-corrected chi connectivity index (χ0v) is 6.89. The molecule has 0 aliphatic carbocycles. The van der Waals surface area contributed by atoms with Crippen LogP contribution in [-0.4, -0.2) is 18.9 Å². The van der Waals surface area contributed by atoms with E-state index in [0.29, 0.717) is 12.5 Å². The van der Waals surface area contributed by atoms with E-state index in [0.717, 1.165) is 25.7 Å². The Bertz CT molecular complexity index is 83.3. The first-order chi connectivity index (χ1) is 4.81. The summed E-state index contributed by atoms with van der Waals surface area (Å²) in [7, 11) is 0. The highest BCUT2D eigenvalue weighted by atomic mass is 16.1. The van der Waals surface area contributed by atoms with Gasteiger partial charge in [-0.3, -0.25) is 0 Å². The molecular formula is C8H17NO. The molecule has 1 atom stereocenters. The normalized spacial score (nSPS) is 13.0. The van der Waals surface area contributed by atoms with Crippen LogP contribution in [-0.2, 0) is 4.79 Å². The van der Waals surface area contributed by atoms with E-state index in [9.17, 15) is 4.79 Å². The first kappa shape index (κ1) is 9.63. The third-order valence-electron chi connectivity index (χ3n) is 1.46. The van der Waals surface area contributed by atoms with Crippen molar-refractivity contribution in [2.45, 2.75) is 39.2 Å². The van der Waals surface area contributed by atoms with Crippen LogP contribution in [0.1, 0.15) is 33.1 Å². The zero-order valence-electron chi connectivity index (χ0n) is 6.89. The van der Waals surface area contributed by atoms with Gasteiger partial charge in [0.15, 0.2) is 0 Å². The van der Waals surface area contributed by atoms with Gasteiger partial charge in [0.1, 0.15) is 6.29 Å². The van der Waals surface area contributed by atoms with Crippen molar-refractivity contribution < 1.29 is 4.79 Å². The van der Waals surface area contributed by atoms with E-state index in [-0.39, 0.29) is 0 Å². The van der Waals surface area contributed by atoms with Gasteiger partial charge in [0.05, 0.1) is 0 Å². The van der Waals surface area contributed by atoms with Crippen molar-refractivity contribution >= 4 is 6.29 Å². The Morgan fingerprint density at radius 3 is 2.80 bits per heavy atom. The Morgan fingerprint density at radius 2 is 2.30 bits per heavy atom. The standard InChI is InChI=1S/C8H17NO/c1-3-6-9-8(2)5-4-7-10/h7-9H,3-6H2,1-2H3. The number of carbonyl (C=O) groups is 1. The average Bonchev–Trinajstić information content (AvgIpc) is 1.97. The number of hydrogen-bond donors (Lipinski definition) is 1. The molecule has 0 saturated heterocycles. The maximum atomic E-state index is 9.96. The lowest BCUT2D eigenvalue weighted by Gasteiger charge is -2.10. The number of nitrogens with one attached hydrogen (secondary N) is 1. The summed E-state index contributed by atoms with van der Waals surface area (Å²) < 4.78 is 0. The first-order valence-corrected chi connectivity index (χ1v) is 3.98. The highest BCUT2D eigenvalue weighted by Crippen LogP contribution is 1.92. The van der Waals surface area contributed by atoms with Crippen LogP contribution in [0.2, 0.25) is 0 Å². The lowest BCUT2D eigenvalue weighted by Crippen LogP contribution is -2.26. The van der Waals surface area contributed by atoms with Crippen molar-refractivity contribution in [2.75, 3.05) is 6.54 Å². The lowest BCUT2D eigenvalue weighted by molar-refractivity contribution is -0.108. The largest absolute Gasteiger partial charge is 0.314 e. The van der Waals surface area contributed by atoms with Crippen molar-refractivity contribution in [3.8, 4) is 0 Å². The van der Waals surface area contributed by atoms with E-state index in [1.165, 1.54) is 0 Å². The minimum absolute atomic E-state index is 0.491. The Labute approximate surface area is 63.0 Å². The molecule has 1 unspecified atom stereocenters. The van der Waals surface area contributed by atoms with Crippen molar-refractivity contribution in [1.29, 1.82) is 0 Å². The third-order valence-corrected chi connectivity index (χ3v) is 1.46. The SMILES string of the molecule is CCCNC(C)CCC=O. The Hall–Kier alpha value is -0.370. The van der Waals surface area contributed by atoms with Crippen LogP contribution in [0.4, 0.5) is 0 Å². The van der Waals surface area contributed by atoms with Gasteiger partial charge in [0.2, 0.25) is 0 Å². The van der Waals surface area contributed by atoms with Crippen LogP contribution in [0.5, 0.6) is 0 Å². The molecule has 0 rings (SSSR count). The maximum Gasteiger partial charge on any atom is 0.120 e. The number of aldehydes is 1. The first-order valence-electron chi connectivity index (χ1n) is 3.98. The molecule has 0 amide bonds. The monoisotopic (exact) mass is 143 g/mol. The third kappa shape index (κ3) is 5.76. The molecule has 0 aliphatic heterocycles. The quantitative estimate of drug-likeness (QED) is 0.569. The fourth-order valence-corrected chi connectivity index (χ4v) is 0.811. The van der Waals surface area contributed by atoms with Gasteiger partial charge in [0, 0.05) is 12.5 Å². The molecule has 10 heavy (non-hydrogen) atoms. The fourth-order valence-electron chi connectivity index (χ4n) is 0.811. The van der Waals surface area contributed by atoms with Gasteiger partial charge in [-0.2, -0.15) is 0 Å². The summed E-state index contributed by atoms with van der Waals surface area (Å²) in [5.74, 6) is 0. The van der Waals surface area contributed by atoms with Gasteiger partial charge in [-0.15, -0.1) is 0 Å². The summed E-state index contributed by atoms with van der Waals surface area (Å²) in [6, 6.07) is 0.491. The molecule has 0 heterocycles. The second kappa shape index (κ2) is 6.75. The van der Waals surface area contributed by atoms with Gasteiger partial charge in [-0.25, -0.2) is 0 Å². The van der Waals surface area contributed by atoms with Crippen LogP contribution in [0, 0.1) is 0 Å². The molecule has 0 spiro atoms. The Balaban J connectivity index is 3.07. The molecule has 0 saturated carbocycles. The minimum atomic E-state index is 0.491. The smallest absolute Gasteiger partial charge is 0.120 e. The Kier molecular flexibility index (Phi) is 6.50. The molecule has 0 aliphatic rings. The van der Waals surface area contributed by atoms with E-state index in [1.807, 2.05) is 0 Å². The molecule has 1 N–H and O–H groups in total. The van der Waals surface area contributed by atoms with Crippen LogP contribution in [0.15, 0.2) is 0 Å². The van der Waals surface area contributed by atoms with Crippen molar-refractivity contribution in [3.63, 3.8) is 0 Å². The van der Waals surface area contributed by atoms with E-state index < -0.39 is 0 Å². The Morgan fingerprint density at radius 1 is 1.60 bits per heavy atom. The van der Waals surface area contributed by atoms with Crippen LogP contribution >= 0.6 is 0 Å². The summed E-state index contributed by atoms with van der Waals surface area (Å²) >= 11 is 0. The van der Waals surface area contributed by atoms with E-state index in [4.69, 9.17) is 0 Å². The predicted molar refractivity (Wildman–Crippen MR) is 43.1 cm³/mol. The highest BCUT2D eigenvalue weighted by molar-refractivity contribution is 5.49. The number of rotatable bonds is 6. The molecule has 2 heteroatoms. The number of carbonyl (C=O) groups excluding carboxylic acids is 1. The fraction of sp³-hybridized carbons (Fsp3) is 0.875. The molecule has 0 fully saturated rings. The topological polar surface area (TPSA) is 29.1 Å². The van der Waals surface area contributed by atoms with E-state index in [2.05, 4.69) is 19.2 Å². The van der Waals surface area contributed by atoms with Crippen molar-refractivity contribution in [1.82, 2.24) is 5.32 Å². The van der Waals surface area contributed by atoms with Crippen LogP contribution in [0.25, 0.3) is 0 Å². The van der Waals surface area contributed by atoms with Gasteiger partial charge in [0.25, 0.3) is 0 Å². The summed E-state index contributed by atoms with van der Waals surface area (Å²) in [5, 5.41) is 3.31. The number of hydrogen-bond acceptors (Lipinski definition) is 2. The maximum absolute atomic E-state index is 9.96. The van der Waals surface area contributed by atoms with Gasteiger partial charge in [-0.1, -0.05) is 6.92 Å². The van der Waals surface area contributed by atoms with E-state index >= 15 is 0 Å². The molecule has 0 radical (unpaired) electrons. The molecule has 60 valence electrons. The molecule has 0 aromatic rings. The average molecular weight is 143 g/mol. The zero-order chi connectivity index (χ0) is 7.82. The lowest BCUT2D eigenvalue weighted by atomic mass is 10.2. The summed E-state index contributed by atoms with van der Waals surface area (Å²) in [5.41, 5.74) is 0. The molecule has 2 nitrogen and oxygen atoms in total. The molecule has 0 aromatic carbocycles. The van der Waals surface area contributed by atoms with E-state index in [1.54, 1.807) is 0 Å². The van der Waals surface area contributed by atoms with Crippen LogP contribution < -0.4 is 5.32 Å². The second-order valence-corrected chi connectivity index (χ2v) is 2.60. The van der Waals surface area contributed by atoms with Crippen molar-refractivity contribution in [3.05, 3.63) is 0 Å². The second-order valence-electron chi connectivity index (χ2n) is 2.60. The minimum Gasteiger partial charge on any atom is -0.314 e. The van der Waals surface area contributed by atoms with Crippen molar-refractivity contribution in [2.24, 2.45) is 0 Å². The van der Waals surface area contributed by atoms with Gasteiger partial charge >= 0.3 is 0 Å². The molecule has 0 bridgehead atoms. The van der Waals surface area contributed by atoms with Crippen LogP contribution in [0.3, 0.4) is 0 Å². The molecular weight excluding hydrogens is 126 g/mol. The summed E-state index contributed by atoms with van der Waals surface area (Å²) in [4.78, 5) is 9.96.